The van der Waals surface area contributed by atoms with Gasteiger partial charge in [0.05, 0.1) is 5.92 Å². The van der Waals surface area contributed by atoms with Crippen molar-refractivity contribution in [3.05, 3.63) is 47.2 Å². The maximum Gasteiger partial charge on any atom is 0.224 e. The molecule has 1 aliphatic carbocycles. The van der Waals surface area contributed by atoms with Crippen LogP contribution in [0.2, 0.25) is 0 Å². The van der Waals surface area contributed by atoms with Crippen LogP contribution in [0.15, 0.2) is 28.7 Å². The fourth-order valence-corrected chi connectivity index (χ4v) is 2.46. The summed E-state index contributed by atoms with van der Waals surface area (Å²) in [6.07, 6.45) is 1.81. The minimum absolute atomic E-state index is 0.301. The van der Waals surface area contributed by atoms with Crippen LogP contribution in [0.4, 0.5) is 0 Å². The van der Waals surface area contributed by atoms with E-state index < -0.39 is 0 Å². The van der Waals surface area contributed by atoms with E-state index >= 15 is 0 Å². The average Bonchev–Trinajstić information content (AvgIpc) is 2.79. The SMILES string of the molecule is CC(C)NCCc1nnc(C2Cc3ccccc32)o1. The Hall–Kier alpha value is -1.68. The highest BCUT2D eigenvalue weighted by Crippen LogP contribution is 2.39. The molecule has 0 spiro atoms. The maximum absolute atomic E-state index is 5.76. The zero-order valence-electron chi connectivity index (χ0n) is 11.4. The summed E-state index contributed by atoms with van der Waals surface area (Å²) in [5.41, 5.74) is 2.73. The largest absolute Gasteiger partial charge is 0.425 e. The molecule has 100 valence electrons. The van der Waals surface area contributed by atoms with Gasteiger partial charge in [-0.2, -0.15) is 0 Å². The number of benzene rings is 1. The Kier molecular flexibility index (Phi) is 3.34. The van der Waals surface area contributed by atoms with Gasteiger partial charge in [-0.25, -0.2) is 0 Å². The summed E-state index contributed by atoms with van der Waals surface area (Å²) in [6.45, 7) is 5.13. The van der Waals surface area contributed by atoms with Gasteiger partial charge in [-0.3, -0.25) is 0 Å². The van der Waals surface area contributed by atoms with Crippen LogP contribution in [0.5, 0.6) is 0 Å². The maximum atomic E-state index is 5.76. The van der Waals surface area contributed by atoms with Crippen LogP contribution in [-0.2, 0) is 12.8 Å². The topological polar surface area (TPSA) is 51.0 Å². The molecular weight excluding hydrogens is 238 g/mol. The zero-order valence-corrected chi connectivity index (χ0v) is 11.4. The fraction of sp³-hybridized carbons (Fsp3) is 0.467. The van der Waals surface area contributed by atoms with Gasteiger partial charge in [0.1, 0.15) is 0 Å². The third-order valence-corrected chi connectivity index (χ3v) is 3.53. The standard InChI is InChI=1S/C15H19N3O/c1-10(2)16-8-7-14-17-18-15(19-14)13-9-11-5-3-4-6-12(11)13/h3-6,10,13,16H,7-9H2,1-2H3. The molecule has 1 heterocycles. The van der Waals surface area contributed by atoms with Crippen molar-refractivity contribution in [1.29, 1.82) is 0 Å². The second-order valence-corrected chi connectivity index (χ2v) is 5.35. The average molecular weight is 257 g/mol. The van der Waals surface area contributed by atoms with Gasteiger partial charge in [0, 0.05) is 19.0 Å². The lowest BCUT2D eigenvalue weighted by atomic mass is 9.77. The molecule has 1 aliphatic rings. The van der Waals surface area contributed by atoms with Crippen molar-refractivity contribution in [2.24, 2.45) is 0 Å². The van der Waals surface area contributed by atoms with Gasteiger partial charge in [0.25, 0.3) is 0 Å². The highest BCUT2D eigenvalue weighted by molar-refractivity contribution is 5.43. The van der Waals surface area contributed by atoms with E-state index in [1.807, 2.05) is 0 Å². The molecule has 1 aromatic carbocycles. The molecule has 2 aromatic rings. The predicted molar refractivity (Wildman–Crippen MR) is 73.1 cm³/mol. The first-order chi connectivity index (χ1) is 9.24. The molecule has 0 saturated carbocycles. The van der Waals surface area contributed by atoms with E-state index in [9.17, 15) is 0 Å². The Morgan fingerprint density at radius 1 is 1.32 bits per heavy atom. The van der Waals surface area contributed by atoms with Gasteiger partial charge in [-0.1, -0.05) is 38.1 Å². The molecular formula is C15H19N3O. The molecule has 0 aliphatic heterocycles. The summed E-state index contributed by atoms with van der Waals surface area (Å²) in [6, 6.07) is 8.94. The van der Waals surface area contributed by atoms with Gasteiger partial charge in [-0.15, -0.1) is 10.2 Å². The van der Waals surface area contributed by atoms with Crippen LogP contribution in [-0.4, -0.2) is 22.8 Å². The van der Waals surface area contributed by atoms with E-state index in [0.29, 0.717) is 12.0 Å². The smallest absolute Gasteiger partial charge is 0.224 e. The molecule has 1 unspecified atom stereocenters. The van der Waals surface area contributed by atoms with Gasteiger partial charge >= 0.3 is 0 Å². The second-order valence-electron chi connectivity index (χ2n) is 5.35. The van der Waals surface area contributed by atoms with Crippen LogP contribution in [0.3, 0.4) is 0 Å². The molecule has 0 radical (unpaired) electrons. The van der Waals surface area contributed by atoms with Crippen LogP contribution >= 0.6 is 0 Å². The Bertz CT molecular complexity index is 562. The molecule has 1 N–H and O–H groups in total. The molecule has 0 amide bonds. The quantitative estimate of drug-likeness (QED) is 0.893. The third-order valence-electron chi connectivity index (χ3n) is 3.53. The lowest BCUT2D eigenvalue weighted by Crippen LogP contribution is -2.25. The van der Waals surface area contributed by atoms with Crippen molar-refractivity contribution >= 4 is 0 Å². The van der Waals surface area contributed by atoms with E-state index in [1.54, 1.807) is 0 Å². The molecule has 1 atom stereocenters. The van der Waals surface area contributed by atoms with E-state index in [4.69, 9.17) is 4.42 Å². The molecule has 1 aromatic heterocycles. The van der Waals surface area contributed by atoms with Crippen molar-refractivity contribution in [2.45, 2.75) is 38.6 Å². The van der Waals surface area contributed by atoms with E-state index in [2.05, 4.69) is 53.6 Å². The number of nitrogens with one attached hydrogen (secondary N) is 1. The number of nitrogens with zero attached hydrogens (tertiary/aromatic N) is 2. The van der Waals surface area contributed by atoms with Crippen molar-refractivity contribution in [1.82, 2.24) is 15.5 Å². The Labute approximate surface area is 113 Å². The first kappa shape index (κ1) is 12.4. The fourth-order valence-electron chi connectivity index (χ4n) is 2.46. The second kappa shape index (κ2) is 5.13. The van der Waals surface area contributed by atoms with Crippen LogP contribution < -0.4 is 5.32 Å². The number of aromatic nitrogens is 2. The highest BCUT2D eigenvalue weighted by Gasteiger charge is 2.31. The lowest BCUT2D eigenvalue weighted by molar-refractivity contribution is 0.412. The minimum Gasteiger partial charge on any atom is -0.425 e. The minimum atomic E-state index is 0.301. The number of hydrogen-bond donors (Lipinski definition) is 1. The molecule has 19 heavy (non-hydrogen) atoms. The molecule has 4 nitrogen and oxygen atoms in total. The Balaban J connectivity index is 1.63. The Morgan fingerprint density at radius 3 is 2.95 bits per heavy atom. The molecule has 3 rings (SSSR count). The van der Waals surface area contributed by atoms with E-state index in [1.165, 1.54) is 11.1 Å². The number of hydrogen-bond acceptors (Lipinski definition) is 4. The van der Waals surface area contributed by atoms with Crippen molar-refractivity contribution in [3.63, 3.8) is 0 Å². The number of fused-ring (bicyclic) bond motifs is 1. The number of rotatable bonds is 5. The first-order valence-electron chi connectivity index (χ1n) is 6.87. The summed E-state index contributed by atoms with van der Waals surface area (Å²) in [7, 11) is 0. The third kappa shape index (κ3) is 2.54. The normalized spacial score (nSPS) is 17.3. The molecule has 0 fully saturated rings. The van der Waals surface area contributed by atoms with Crippen LogP contribution in [0.25, 0.3) is 0 Å². The molecule has 4 heteroatoms. The monoisotopic (exact) mass is 257 g/mol. The van der Waals surface area contributed by atoms with Crippen LogP contribution in [0, 0.1) is 0 Å². The summed E-state index contributed by atoms with van der Waals surface area (Å²) < 4.78 is 5.76. The van der Waals surface area contributed by atoms with Gasteiger partial charge in [-0.05, 0) is 17.5 Å². The van der Waals surface area contributed by atoms with Crippen molar-refractivity contribution in [2.75, 3.05) is 6.54 Å². The van der Waals surface area contributed by atoms with Gasteiger partial charge < -0.3 is 9.73 Å². The zero-order chi connectivity index (χ0) is 13.2. The summed E-state index contributed by atoms with van der Waals surface area (Å²) in [4.78, 5) is 0. The molecule has 0 bridgehead atoms. The van der Waals surface area contributed by atoms with E-state index in [-0.39, 0.29) is 0 Å². The summed E-state index contributed by atoms with van der Waals surface area (Å²) in [5.74, 6) is 1.79. The van der Waals surface area contributed by atoms with Crippen LogP contribution in [0.1, 0.15) is 42.7 Å². The highest BCUT2D eigenvalue weighted by atomic mass is 16.4. The Morgan fingerprint density at radius 2 is 2.16 bits per heavy atom. The molecule has 0 saturated heterocycles. The summed E-state index contributed by atoms with van der Waals surface area (Å²) >= 11 is 0. The predicted octanol–water partition coefficient (Wildman–Crippen LogP) is 2.30. The van der Waals surface area contributed by atoms with Crippen molar-refractivity contribution in [3.8, 4) is 0 Å². The van der Waals surface area contributed by atoms with Gasteiger partial charge in [0.2, 0.25) is 11.8 Å². The lowest BCUT2D eigenvalue weighted by Gasteiger charge is -2.26. The van der Waals surface area contributed by atoms with E-state index in [0.717, 1.165) is 31.2 Å². The summed E-state index contributed by atoms with van der Waals surface area (Å²) in [5, 5.41) is 11.7. The van der Waals surface area contributed by atoms with Gasteiger partial charge in [0.15, 0.2) is 0 Å². The van der Waals surface area contributed by atoms with Crippen molar-refractivity contribution < 1.29 is 4.42 Å². The first-order valence-corrected chi connectivity index (χ1v) is 6.87.